The van der Waals surface area contributed by atoms with Crippen LogP contribution in [0.25, 0.3) is 0 Å². The van der Waals surface area contributed by atoms with Crippen molar-refractivity contribution in [3.63, 3.8) is 0 Å². The highest BCUT2D eigenvalue weighted by Crippen LogP contribution is 2.25. The van der Waals surface area contributed by atoms with Gasteiger partial charge in [-0.05, 0) is 35.2 Å². The van der Waals surface area contributed by atoms with E-state index in [1.807, 2.05) is 72.8 Å². The fraction of sp³-hybridized carbons (Fsp3) is 0.231. The lowest BCUT2D eigenvalue weighted by Crippen LogP contribution is -2.44. The number of rotatable bonds is 10. The van der Waals surface area contributed by atoms with Crippen LogP contribution in [0.2, 0.25) is 5.02 Å². The molecule has 0 saturated carbocycles. The summed E-state index contributed by atoms with van der Waals surface area (Å²) < 4.78 is 0. The van der Waals surface area contributed by atoms with Crippen LogP contribution in [-0.4, -0.2) is 35.0 Å². The molecule has 0 spiro atoms. The fourth-order valence-electron chi connectivity index (χ4n) is 3.48. The number of nitrogens with one attached hydrogen (secondary N) is 1. The third-order valence-corrected chi connectivity index (χ3v) is 5.35. The molecular formula is C26H27ClN2O3. The average Bonchev–Trinajstić information content (AvgIpc) is 2.81. The highest BCUT2D eigenvalue weighted by molar-refractivity contribution is 6.30. The van der Waals surface area contributed by atoms with Gasteiger partial charge in [-0.1, -0.05) is 84.4 Å². The van der Waals surface area contributed by atoms with Crippen LogP contribution in [0.4, 0.5) is 0 Å². The Bertz CT molecular complexity index is 995. The second kappa shape index (κ2) is 12.0. The summed E-state index contributed by atoms with van der Waals surface area (Å²) in [6, 6.07) is 25.3. The summed E-state index contributed by atoms with van der Waals surface area (Å²) in [7, 11) is 0. The van der Waals surface area contributed by atoms with Crippen LogP contribution < -0.4 is 5.32 Å². The zero-order valence-electron chi connectivity index (χ0n) is 17.8. The molecule has 6 heteroatoms. The molecule has 0 saturated heterocycles. The van der Waals surface area contributed by atoms with Gasteiger partial charge < -0.3 is 15.3 Å². The van der Waals surface area contributed by atoms with Crippen LogP contribution in [0.15, 0.2) is 84.9 Å². The standard InChI is InChI=1S/C26H27ClN2O3/c27-23-14-12-20(13-15-23)18-24(31)29(19-21-8-3-1-4-9-21)25(22-10-5-2-6-11-22)26(32)28-16-7-17-30/h1-6,8-15,25,30H,7,16-19H2,(H,28,32)/t25-/m0/s1. The molecule has 0 unspecified atom stereocenters. The first-order chi connectivity index (χ1) is 15.6. The second-order valence-corrected chi connectivity index (χ2v) is 7.93. The number of carbonyl (C=O) groups is 2. The maximum absolute atomic E-state index is 13.5. The summed E-state index contributed by atoms with van der Waals surface area (Å²) in [5.74, 6) is -0.438. The Labute approximate surface area is 193 Å². The Balaban J connectivity index is 1.94. The molecule has 0 bridgehead atoms. The van der Waals surface area contributed by atoms with Crippen molar-refractivity contribution in [1.29, 1.82) is 0 Å². The molecule has 0 aliphatic rings. The highest BCUT2D eigenvalue weighted by atomic mass is 35.5. The topological polar surface area (TPSA) is 69.6 Å². The number of nitrogens with zero attached hydrogens (tertiary/aromatic N) is 1. The lowest BCUT2D eigenvalue weighted by Gasteiger charge is -2.32. The van der Waals surface area contributed by atoms with Gasteiger partial charge in [-0.3, -0.25) is 9.59 Å². The van der Waals surface area contributed by atoms with Crippen LogP contribution in [0.5, 0.6) is 0 Å². The first-order valence-electron chi connectivity index (χ1n) is 10.6. The number of benzene rings is 3. The van der Waals surface area contributed by atoms with Crippen molar-refractivity contribution in [3.05, 3.63) is 107 Å². The maximum Gasteiger partial charge on any atom is 0.247 e. The molecule has 0 radical (unpaired) electrons. The Hall–Kier alpha value is -3.15. The first kappa shape index (κ1) is 23.5. The molecule has 1 atom stereocenters. The Kier molecular flexibility index (Phi) is 8.84. The summed E-state index contributed by atoms with van der Waals surface area (Å²) in [4.78, 5) is 28.4. The van der Waals surface area contributed by atoms with E-state index in [1.165, 1.54) is 0 Å². The van der Waals surface area contributed by atoms with Crippen molar-refractivity contribution in [2.75, 3.05) is 13.2 Å². The van der Waals surface area contributed by atoms with Crippen LogP contribution in [0, 0.1) is 0 Å². The van der Waals surface area contributed by atoms with E-state index in [0.717, 1.165) is 16.7 Å². The molecule has 5 nitrogen and oxygen atoms in total. The normalized spacial score (nSPS) is 11.6. The average molecular weight is 451 g/mol. The number of hydrogen-bond donors (Lipinski definition) is 2. The van der Waals surface area contributed by atoms with Crippen molar-refractivity contribution in [2.24, 2.45) is 0 Å². The van der Waals surface area contributed by atoms with Gasteiger partial charge >= 0.3 is 0 Å². The Morgan fingerprint density at radius 1 is 0.875 bits per heavy atom. The third kappa shape index (κ3) is 6.67. The van der Waals surface area contributed by atoms with E-state index in [-0.39, 0.29) is 24.8 Å². The van der Waals surface area contributed by atoms with Crippen molar-refractivity contribution in [2.45, 2.75) is 25.4 Å². The fourth-order valence-corrected chi connectivity index (χ4v) is 3.60. The molecule has 0 heterocycles. The van der Waals surface area contributed by atoms with E-state index in [9.17, 15) is 9.59 Å². The summed E-state index contributed by atoms with van der Waals surface area (Å²) >= 11 is 5.98. The number of halogens is 1. The van der Waals surface area contributed by atoms with Crippen LogP contribution >= 0.6 is 11.6 Å². The molecule has 0 fully saturated rings. The molecule has 2 amide bonds. The SMILES string of the molecule is O=C(NCCCO)[C@H](c1ccccc1)N(Cc1ccccc1)C(=O)Cc1ccc(Cl)cc1. The van der Waals surface area contributed by atoms with Crippen LogP contribution in [0.3, 0.4) is 0 Å². The molecular weight excluding hydrogens is 424 g/mol. The molecule has 3 rings (SSSR count). The third-order valence-electron chi connectivity index (χ3n) is 5.09. The van der Waals surface area contributed by atoms with Gasteiger partial charge in [0.1, 0.15) is 6.04 Å². The minimum Gasteiger partial charge on any atom is -0.396 e. The minimum atomic E-state index is -0.796. The number of carbonyl (C=O) groups excluding carboxylic acids is 2. The lowest BCUT2D eigenvalue weighted by molar-refractivity contribution is -0.141. The van der Waals surface area contributed by atoms with Gasteiger partial charge in [0.05, 0.1) is 6.42 Å². The smallest absolute Gasteiger partial charge is 0.247 e. The summed E-state index contributed by atoms with van der Waals surface area (Å²) in [6.45, 7) is 0.614. The van der Waals surface area contributed by atoms with Gasteiger partial charge in [-0.15, -0.1) is 0 Å². The summed E-state index contributed by atoms with van der Waals surface area (Å²) in [5, 5.41) is 12.6. The number of aliphatic hydroxyl groups is 1. The Morgan fingerprint density at radius 2 is 1.50 bits per heavy atom. The molecule has 3 aromatic carbocycles. The van der Waals surface area contributed by atoms with Gasteiger partial charge in [0.25, 0.3) is 0 Å². The van der Waals surface area contributed by atoms with Gasteiger partial charge in [0.2, 0.25) is 11.8 Å². The summed E-state index contributed by atoms with van der Waals surface area (Å²) in [6.07, 6.45) is 0.599. The van der Waals surface area contributed by atoms with Crippen molar-refractivity contribution >= 4 is 23.4 Å². The van der Waals surface area contributed by atoms with E-state index in [2.05, 4.69) is 5.32 Å². The van der Waals surface area contributed by atoms with Gasteiger partial charge in [-0.2, -0.15) is 0 Å². The lowest BCUT2D eigenvalue weighted by atomic mass is 10.0. The largest absolute Gasteiger partial charge is 0.396 e. The van der Waals surface area contributed by atoms with Gasteiger partial charge in [-0.25, -0.2) is 0 Å². The Morgan fingerprint density at radius 3 is 2.12 bits per heavy atom. The highest BCUT2D eigenvalue weighted by Gasteiger charge is 2.31. The molecule has 2 N–H and O–H groups in total. The monoisotopic (exact) mass is 450 g/mol. The minimum absolute atomic E-state index is 0.0144. The number of aliphatic hydroxyl groups excluding tert-OH is 1. The van der Waals surface area contributed by atoms with E-state index >= 15 is 0 Å². The summed E-state index contributed by atoms with van der Waals surface area (Å²) in [5.41, 5.74) is 2.49. The van der Waals surface area contributed by atoms with Crippen molar-refractivity contribution in [3.8, 4) is 0 Å². The van der Waals surface area contributed by atoms with Crippen molar-refractivity contribution in [1.82, 2.24) is 10.2 Å². The predicted molar refractivity (Wildman–Crippen MR) is 126 cm³/mol. The van der Waals surface area contributed by atoms with Gasteiger partial charge in [0.15, 0.2) is 0 Å². The zero-order chi connectivity index (χ0) is 22.8. The molecule has 166 valence electrons. The van der Waals surface area contributed by atoms with E-state index in [1.54, 1.807) is 17.0 Å². The molecule has 32 heavy (non-hydrogen) atoms. The molecule has 0 aliphatic heterocycles. The zero-order valence-corrected chi connectivity index (χ0v) is 18.5. The molecule has 0 aliphatic carbocycles. The van der Waals surface area contributed by atoms with Gasteiger partial charge in [0, 0.05) is 24.7 Å². The first-order valence-corrected chi connectivity index (χ1v) is 11.0. The molecule has 3 aromatic rings. The number of hydrogen-bond acceptors (Lipinski definition) is 3. The van der Waals surface area contributed by atoms with Crippen LogP contribution in [-0.2, 0) is 22.6 Å². The maximum atomic E-state index is 13.5. The van der Waals surface area contributed by atoms with Crippen molar-refractivity contribution < 1.29 is 14.7 Å². The van der Waals surface area contributed by atoms with E-state index in [0.29, 0.717) is 24.5 Å². The van der Waals surface area contributed by atoms with E-state index < -0.39 is 6.04 Å². The number of amides is 2. The second-order valence-electron chi connectivity index (χ2n) is 7.49. The quantitative estimate of drug-likeness (QED) is 0.456. The van der Waals surface area contributed by atoms with Crippen LogP contribution in [0.1, 0.15) is 29.2 Å². The van der Waals surface area contributed by atoms with E-state index in [4.69, 9.17) is 16.7 Å². The predicted octanol–water partition coefficient (Wildman–Crippen LogP) is 4.15. The molecule has 0 aromatic heterocycles.